The molecular formula is C18H21F3O3. The lowest BCUT2D eigenvalue weighted by Crippen LogP contribution is -2.16. The van der Waals surface area contributed by atoms with Gasteiger partial charge in [-0.15, -0.1) is 0 Å². The molecule has 0 unspecified atom stereocenters. The van der Waals surface area contributed by atoms with Gasteiger partial charge in [-0.25, -0.2) is 4.79 Å². The van der Waals surface area contributed by atoms with Crippen LogP contribution in [0.2, 0.25) is 0 Å². The smallest absolute Gasteiger partial charge is 0.416 e. The molecule has 1 aromatic carbocycles. The molecule has 0 atom stereocenters. The highest BCUT2D eigenvalue weighted by molar-refractivity contribution is 5.87. The molecule has 0 amide bonds. The summed E-state index contributed by atoms with van der Waals surface area (Å²) in [5.74, 6) is -0.0746. The summed E-state index contributed by atoms with van der Waals surface area (Å²) in [6, 6.07) is 3.27. The van der Waals surface area contributed by atoms with Gasteiger partial charge in [-0.05, 0) is 37.0 Å². The highest BCUT2D eigenvalue weighted by Crippen LogP contribution is 2.34. The van der Waals surface area contributed by atoms with E-state index in [2.05, 4.69) is 4.74 Å². The van der Waals surface area contributed by atoms with E-state index >= 15 is 0 Å². The van der Waals surface area contributed by atoms with Crippen molar-refractivity contribution in [1.82, 2.24) is 0 Å². The van der Waals surface area contributed by atoms with Crippen LogP contribution in [0.25, 0.3) is 6.08 Å². The van der Waals surface area contributed by atoms with E-state index in [1.807, 2.05) is 0 Å². The summed E-state index contributed by atoms with van der Waals surface area (Å²) >= 11 is 0. The Balaban J connectivity index is 2.18. The maximum atomic E-state index is 12.9. The number of rotatable bonds is 5. The molecule has 132 valence electrons. The number of alkyl halides is 3. The van der Waals surface area contributed by atoms with Crippen LogP contribution in [-0.2, 0) is 15.7 Å². The molecule has 1 saturated carbocycles. The van der Waals surface area contributed by atoms with Gasteiger partial charge in [0.1, 0.15) is 5.75 Å². The minimum atomic E-state index is -4.44. The molecule has 2 rings (SSSR count). The van der Waals surface area contributed by atoms with Gasteiger partial charge in [0.25, 0.3) is 0 Å². The van der Waals surface area contributed by atoms with E-state index in [0.717, 1.165) is 43.9 Å². The van der Waals surface area contributed by atoms with Crippen LogP contribution in [0.5, 0.6) is 5.75 Å². The molecule has 24 heavy (non-hydrogen) atoms. The molecule has 1 aliphatic rings. The van der Waals surface area contributed by atoms with Crippen LogP contribution < -0.4 is 4.74 Å². The number of benzene rings is 1. The predicted octanol–water partition coefficient (Wildman–Crippen LogP) is 4.85. The second kappa shape index (κ2) is 8.22. The highest BCUT2D eigenvalue weighted by Gasteiger charge is 2.31. The van der Waals surface area contributed by atoms with E-state index in [1.54, 1.807) is 0 Å². The Kier molecular flexibility index (Phi) is 6.29. The fourth-order valence-electron chi connectivity index (χ4n) is 2.76. The Bertz CT molecular complexity index is 588. The van der Waals surface area contributed by atoms with E-state index in [1.165, 1.54) is 25.7 Å². The molecule has 0 aromatic heterocycles. The monoisotopic (exact) mass is 342 g/mol. The fraction of sp³-hybridized carbons (Fsp3) is 0.500. The van der Waals surface area contributed by atoms with Crippen LogP contribution in [-0.4, -0.2) is 19.7 Å². The number of esters is 1. The average molecular weight is 342 g/mol. The lowest BCUT2D eigenvalue weighted by molar-refractivity contribution is -0.138. The molecule has 1 fully saturated rings. The van der Waals surface area contributed by atoms with Gasteiger partial charge in [0.2, 0.25) is 0 Å². The topological polar surface area (TPSA) is 35.5 Å². The summed E-state index contributed by atoms with van der Waals surface area (Å²) in [5, 5.41) is 0. The summed E-state index contributed by atoms with van der Waals surface area (Å²) in [6.45, 7) is 0.389. The van der Waals surface area contributed by atoms with Gasteiger partial charge in [-0.1, -0.05) is 25.3 Å². The van der Waals surface area contributed by atoms with Gasteiger partial charge < -0.3 is 9.47 Å². The molecule has 0 saturated heterocycles. The Morgan fingerprint density at radius 2 is 1.96 bits per heavy atom. The standard InChI is InChI=1S/C18H21F3O3/c1-23-17(22)10-8-14-7-9-15(18(19,20)21)11-16(14)24-12-13-5-3-2-4-6-13/h7-11,13H,2-6,12H2,1H3/b10-8+. The quantitative estimate of drug-likeness (QED) is 0.567. The number of ether oxygens (including phenoxy) is 2. The van der Waals surface area contributed by atoms with Crippen LogP contribution in [0.1, 0.15) is 43.2 Å². The molecule has 1 aliphatic carbocycles. The van der Waals surface area contributed by atoms with E-state index in [4.69, 9.17) is 4.74 Å². The van der Waals surface area contributed by atoms with E-state index in [9.17, 15) is 18.0 Å². The van der Waals surface area contributed by atoms with Crippen molar-refractivity contribution < 1.29 is 27.4 Å². The van der Waals surface area contributed by atoms with Crippen molar-refractivity contribution in [2.24, 2.45) is 5.92 Å². The minimum absolute atomic E-state index is 0.135. The SMILES string of the molecule is COC(=O)/C=C/c1ccc(C(F)(F)F)cc1OCC1CCCCC1. The zero-order chi connectivity index (χ0) is 17.6. The molecule has 0 spiro atoms. The fourth-order valence-corrected chi connectivity index (χ4v) is 2.76. The molecule has 0 heterocycles. The number of hydrogen-bond donors (Lipinski definition) is 0. The third-order valence-electron chi connectivity index (χ3n) is 4.14. The van der Waals surface area contributed by atoms with Crippen molar-refractivity contribution in [3.8, 4) is 5.75 Å². The first kappa shape index (κ1) is 18.4. The van der Waals surface area contributed by atoms with Crippen LogP contribution in [0.3, 0.4) is 0 Å². The minimum Gasteiger partial charge on any atom is -0.493 e. The first-order valence-electron chi connectivity index (χ1n) is 8.00. The van der Waals surface area contributed by atoms with Crippen molar-refractivity contribution in [2.75, 3.05) is 13.7 Å². The summed E-state index contributed by atoms with van der Waals surface area (Å²) in [7, 11) is 1.24. The van der Waals surface area contributed by atoms with E-state index in [0.29, 0.717) is 18.1 Å². The summed E-state index contributed by atoms with van der Waals surface area (Å²) in [6.07, 6.45) is 3.66. The molecule has 6 heteroatoms. The van der Waals surface area contributed by atoms with Crippen LogP contribution >= 0.6 is 0 Å². The Hall–Kier alpha value is -1.98. The molecular weight excluding hydrogens is 321 g/mol. The third-order valence-corrected chi connectivity index (χ3v) is 4.14. The lowest BCUT2D eigenvalue weighted by Gasteiger charge is -2.22. The van der Waals surface area contributed by atoms with E-state index < -0.39 is 17.7 Å². The molecule has 0 bridgehead atoms. The first-order valence-corrected chi connectivity index (χ1v) is 8.00. The Morgan fingerprint density at radius 1 is 1.25 bits per heavy atom. The van der Waals surface area contributed by atoms with Gasteiger partial charge in [0.15, 0.2) is 0 Å². The maximum Gasteiger partial charge on any atom is 0.416 e. The summed E-state index contributed by atoms with van der Waals surface area (Å²) in [4.78, 5) is 11.2. The van der Waals surface area contributed by atoms with Gasteiger partial charge in [-0.3, -0.25) is 0 Å². The van der Waals surface area contributed by atoms with Gasteiger partial charge in [0.05, 0.1) is 19.3 Å². The number of carbonyl (C=O) groups is 1. The van der Waals surface area contributed by atoms with Gasteiger partial charge >= 0.3 is 12.1 Å². The van der Waals surface area contributed by atoms with Crippen LogP contribution in [0.15, 0.2) is 24.3 Å². The van der Waals surface area contributed by atoms with Crippen molar-refractivity contribution in [3.63, 3.8) is 0 Å². The molecule has 0 N–H and O–H groups in total. The zero-order valence-electron chi connectivity index (χ0n) is 13.6. The maximum absolute atomic E-state index is 12.9. The number of halogens is 3. The molecule has 3 nitrogen and oxygen atoms in total. The normalized spacial score (nSPS) is 16.3. The van der Waals surface area contributed by atoms with Crippen LogP contribution in [0.4, 0.5) is 13.2 Å². The second-order valence-electron chi connectivity index (χ2n) is 5.92. The number of methoxy groups -OCH3 is 1. The summed E-state index contributed by atoms with van der Waals surface area (Å²) < 4.78 is 48.9. The Labute approximate surface area is 139 Å². The van der Waals surface area contributed by atoms with Gasteiger partial charge in [0, 0.05) is 11.6 Å². The van der Waals surface area contributed by atoms with Crippen molar-refractivity contribution in [1.29, 1.82) is 0 Å². The predicted molar refractivity (Wildman–Crippen MR) is 84.6 cm³/mol. The summed E-state index contributed by atoms with van der Waals surface area (Å²) in [5.41, 5.74) is -0.347. The number of hydrogen-bond acceptors (Lipinski definition) is 3. The van der Waals surface area contributed by atoms with Gasteiger partial charge in [-0.2, -0.15) is 13.2 Å². The van der Waals surface area contributed by atoms with Crippen LogP contribution in [0, 0.1) is 5.92 Å². The molecule has 0 aliphatic heterocycles. The van der Waals surface area contributed by atoms with E-state index in [-0.39, 0.29) is 5.75 Å². The Morgan fingerprint density at radius 3 is 2.58 bits per heavy atom. The van der Waals surface area contributed by atoms with Crippen molar-refractivity contribution in [3.05, 3.63) is 35.4 Å². The van der Waals surface area contributed by atoms with Crippen molar-refractivity contribution >= 4 is 12.0 Å². The highest BCUT2D eigenvalue weighted by atomic mass is 19.4. The van der Waals surface area contributed by atoms with Crippen molar-refractivity contribution in [2.45, 2.75) is 38.3 Å². The lowest BCUT2D eigenvalue weighted by atomic mass is 9.90. The molecule has 1 aromatic rings. The largest absolute Gasteiger partial charge is 0.493 e. The second-order valence-corrected chi connectivity index (χ2v) is 5.92. The first-order chi connectivity index (χ1) is 11.4. The number of carbonyl (C=O) groups excluding carboxylic acids is 1. The average Bonchev–Trinajstić information content (AvgIpc) is 2.58. The molecule has 0 radical (unpaired) electrons. The third kappa shape index (κ3) is 5.28. The zero-order valence-corrected chi connectivity index (χ0v) is 13.6.